The summed E-state index contributed by atoms with van der Waals surface area (Å²) in [6.07, 6.45) is -0.333. The molecule has 3 heteroatoms. The van der Waals surface area contributed by atoms with Gasteiger partial charge in [0, 0.05) is 41.8 Å². The molecule has 0 bridgehead atoms. The van der Waals surface area contributed by atoms with Gasteiger partial charge in [-0.1, -0.05) is 0 Å². The predicted molar refractivity (Wildman–Crippen MR) is 40.5 cm³/mol. The summed E-state index contributed by atoms with van der Waals surface area (Å²) in [6.45, 7) is 6.89. The fraction of sp³-hybridized carbons (Fsp3) is 1.00. The molecule has 0 atom stereocenters. The van der Waals surface area contributed by atoms with Gasteiger partial charge in [-0.05, 0) is 27.7 Å². The first kappa shape index (κ1) is 16.5. The van der Waals surface area contributed by atoms with E-state index in [0.29, 0.717) is 0 Å². The van der Waals surface area contributed by atoms with Gasteiger partial charge in [0.15, 0.2) is 0 Å². The first-order valence-electron chi connectivity index (χ1n) is 2.83. The van der Waals surface area contributed by atoms with Crippen molar-refractivity contribution in [2.24, 2.45) is 0 Å². The van der Waals surface area contributed by atoms with E-state index in [1.807, 2.05) is 0 Å². The van der Waals surface area contributed by atoms with E-state index in [2.05, 4.69) is 0 Å². The summed E-state index contributed by atoms with van der Waals surface area (Å²) < 4.78 is 0. The van der Waals surface area contributed by atoms with Crippen LogP contribution in [-0.2, 0) is 0 Å². The average Bonchev–Trinajstić information content (AvgIpc) is 1.25. The summed E-state index contributed by atoms with van der Waals surface area (Å²) in [5, 5.41) is 16.1. The Kier molecular flexibility index (Phi) is 21.4. The zero-order chi connectivity index (χ0) is 7.15. The van der Waals surface area contributed by atoms with Crippen LogP contribution in [0.15, 0.2) is 0 Å². The van der Waals surface area contributed by atoms with Crippen molar-refractivity contribution in [3.8, 4) is 0 Å². The number of hydrogen-bond acceptors (Lipinski definition) is 2. The van der Waals surface area contributed by atoms with Crippen LogP contribution in [0.25, 0.3) is 0 Å². The van der Waals surface area contributed by atoms with E-state index in [4.69, 9.17) is 10.2 Å². The zero-order valence-electron chi connectivity index (χ0n) is 7.05. The Labute approximate surface area is 79.6 Å². The summed E-state index contributed by atoms with van der Waals surface area (Å²) in [5.41, 5.74) is 0. The minimum absolute atomic E-state index is 0. The molecule has 2 N–H and O–H groups in total. The van der Waals surface area contributed by atoms with Crippen LogP contribution < -0.4 is 0 Å². The fourth-order valence-electron chi connectivity index (χ4n) is 0. The van der Waals surface area contributed by atoms with E-state index in [-0.39, 0.29) is 41.8 Å². The molecule has 0 saturated heterocycles. The maximum atomic E-state index is 8.06. The van der Waals surface area contributed by atoms with E-state index in [1.165, 1.54) is 0 Å². The molecule has 9 heavy (non-hydrogen) atoms. The van der Waals surface area contributed by atoms with Crippen molar-refractivity contribution in [2.75, 3.05) is 0 Å². The van der Waals surface area contributed by atoms with Gasteiger partial charge in [-0.25, -0.2) is 0 Å². The summed E-state index contributed by atoms with van der Waals surface area (Å²) in [5.74, 6) is 0. The molecule has 0 spiro atoms. The van der Waals surface area contributed by atoms with Crippen molar-refractivity contribution in [2.45, 2.75) is 39.9 Å². The molecule has 53 valence electrons. The standard InChI is InChI=1S/2C3H8O.Na/c2*1-3(2)4;/h2*3-4H,1-2H3;. The number of rotatable bonds is 0. The SMILES string of the molecule is CC(C)O.CC(C)O.[Na]. The van der Waals surface area contributed by atoms with Gasteiger partial charge in [-0.2, -0.15) is 0 Å². The average molecular weight is 143 g/mol. The Hall–Kier alpha value is 0.920. The first-order chi connectivity index (χ1) is 3.46. The minimum atomic E-state index is -0.167. The second kappa shape index (κ2) is 11.7. The fourth-order valence-corrected chi connectivity index (χ4v) is 0. The topological polar surface area (TPSA) is 40.5 Å². The van der Waals surface area contributed by atoms with Gasteiger partial charge < -0.3 is 10.2 Å². The van der Waals surface area contributed by atoms with Crippen LogP contribution >= 0.6 is 0 Å². The minimum Gasteiger partial charge on any atom is -0.394 e. The van der Waals surface area contributed by atoms with Gasteiger partial charge in [0.05, 0.1) is 0 Å². The largest absolute Gasteiger partial charge is 0.394 e. The molecule has 0 aliphatic rings. The Morgan fingerprint density at radius 3 is 0.778 bits per heavy atom. The monoisotopic (exact) mass is 143 g/mol. The molecule has 0 amide bonds. The van der Waals surface area contributed by atoms with Crippen molar-refractivity contribution in [1.29, 1.82) is 0 Å². The van der Waals surface area contributed by atoms with Crippen molar-refractivity contribution in [3.05, 3.63) is 0 Å². The van der Waals surface area contributed by atoms with Crippen molar-refractivity contribution in [3.63, 3.8) is 0 Å². The molecule has 1 radical (unpaired) electrons. The molecule has 0 saturated carbocycles. The molecule has 0 aliphatic carbocycles. The van der Waals surface area contributed by atoms with Gasteiger partial charge in [-0.15, -0.1) is 0 Å². The molecule has 0 fully saturated rings. The molecule has 0 aromatic rings. The quantitative estimate of drug-likeness (QED) is 0.482. The summed E-state index contributed by atoms with van der Waals surface area (Å²) in [6, 6.07) is 0. The van der Waals surface area contributed by atoms with E-state index >= 15 is 0 Å². The normalized spacial score (nSPS) is 8.00. The molecule has 0 rings (SSSR count). The van der Waals surface area contributed by atoms with Gasteiger partial charge in [-0.3, -0.25) is 0 Å². The molecule has 2 nitrogen and oxygen atoms in total. The van der Waals surface area contributed by atoms with Gasteiger partial charge in [0.25, 0.3) is 0 Å². The second-order valence-corrected chi connectivity index (χ2v) is 2.19. The van der Waals surface area contributed by atoms with Crippen LogP contribution in [0.3, 0.4) is 0 Å². The summed E-state index contributed by atoms with van der Waals surface area (Å²) >= 11 is 0. The maximum absolute atomic E-state index is 8.06. The molecule has 0 aromatic heterocycles. The Balaban J connectivity index is -0.0000000720. The molecular weight excluding hydrogens is 127 g/mol. The van der Waals surface area contributed by atoms with E-state index in [9.17, 15) is 0 Å². The molecule has 0 unspecified atom stereocenters. The van der Waals surface area contributed by atoms with Gasteiger partial charge >= 0.3 is 0 Å². The van der Waals surface area contributed by atoms with Crippen LogP contribution in [0.5, 0.6) is 0 Å². The third kappa shape index (κ3) is 505. The Bertz CT molecular complexity index is 26.5. The smallest absolute Gasteiger partial charge is 0.0483 e. The van der Waals surface area contributed by atoms with Crippen LogP contribution in [0.1, 0.15) is 27.7 Å². The molecule has 0 aliphatic heterocycles. The summed E-state index contributed by atoms with van der Waals surface area (Å²) in [4.78, 5) is 0. The maximum Gasteiger partial charge on any atom is 0.0483 e. The van der Waals surface area contributed by atoms with Crippen molar-refractivity contribution in [1.82, 2.24) is 0 Å². The van der Waals surface area contributed by atoms with E-state index in [0.717, 1.165) is 0 Å². The van der Waals surface area contributed by atoms with E-state index < -0.39 is 0 Å². The van der Waals surface area contributed by atoms with E-state index in [1.54, 1.807) is 27.7 Å². The number of hydrogen-bond donors (Lipinski definition) is 2. The summed E-state index contributed by atoms with van der Waals surface area (Å²) in [7, 11) is 0. The van der Waals surface area contributed by atoms with Crippen molar-refractivity contribution < 1.29 is 10.2 Å². The van der Waals surface area contributed by atoms with Crippen LogP contribution in [0.4, 0.5) is 0 Å². The number of aliphatic hydroxyl groups excluding tert-OH is 2. The van der Waals surface area contributed by atoms with Gasteiger partial charge in [0.2, 0.25) is 0 Å². The Morgan fingerprint density at radius 2 is 0.778 bits per heavy atom. The molecule has 0 aromatic carbocycles. The first-order valence-corrected chi connectivity index (χ1v) is 2.83. The van der Waals surface area contributed by atoms with Crippen LogP contribution in [0.2, 0.25) is 0 Å². The third-order valence-corrected chi connectivity index (χ3v) is 0. The predicted octanol–water partition coefficient (Wildman–Crippen LogP) is 0.393. The van der Waals surface area contributed by atoms with Gasteiger partial charge in [0.1, 0.15) is 0 Å². The Morgan fingerprint density at radius 1 is 0.778 bits per heavy atom. The number of aliphatic hydroxyl groups is 2. The molecule has 0 heterocycles. The second-order valence-electron chi connectivity index (χ2n) is 2.19. The third-order valence-electron chi connectivity index (χ3n) is 0. The zero-order valence-corrected chi connectivity index (χ0v) is 9.05. The van der Waals surface area contributed by atoms with Crippen LogP contribution in [0, 0.1) is 0 Å². The van der Waals surface area contributed by atoms with Crippen LogP contribution in [-0.4, -0.2) is 52.0 Å². The molecular formula is C6H16NaO2. The van der Waals surface area contributed by atoms with Crippen molar-refractivity contribution >= 4 is 29.6 Å².